The van der Waals surface area contributed by atoms with Gasteiger partial charge in [0.1, 0.15) is 6.04 Å². The van der Waals surface area contributed by atoms with Crippen molar-refractivity contribution in [3.8, 4) is 0 Å². The first kappa shape index (κ1) is 13.6. The summed E-state index contributed by atoms with van der Waals surface area (Å²) in [5, 5.41) is 2.89. The summed E-state index contributed by atoms with van der Waals surface area (Å²) in [4.78, 5) is 25.9. The van der Waals surface area contributed by atoms with Crippen LogP contribution in [0.15, 0.2) is 30.3 Å². The summed E-state index contributed by atoms with van der Waals surface area (Å²) in [7, 11) is 0. The van der Waals surface area contributed by atoms with E-state index in [1.165, 1.54) is 0 Å². The fourth-order valence-electron chi connectivity index (χ4n) is 2.42. The van der Waals surface area contributed by atoms with E-state index in [1.807, 2.05) is 37.3 Å². The number of benzene rings is 1. The molecule has 0 radical (unpaired) electrons. The Balaban J connectivity index is 2.19. The van der Waals surface area contributed by atoms with Crippen LogP contribution in [0.1, 0.15) is 25.3 Å². The second-order valence-electron chi connectivity index (χ2n) is 4.79. The molecule has 1 aromatic rings. The van der Waals surface area contributed by atoms with Gasteiger partial charge in [0.2, 0.25) is 11.8 Å². The highest BCUT2D eigenvalue weighted by atomic mass is 16.2. The van der Waals surface area contributed by atoms with Crippen molar-refractivity contribution in [3.05, 3.63) is 35.9 Å². The van der Waals surface area contributed by atoms with Crippen LogP contribution in [-0.4, -0.2) is 35.8 Å². The van der Waals surface area contributed by atoms with E-state index in [0.717, 1.165) is 12.0 Å². The Kier molecular flexibility index (Phi) is 4.55. The molecule has 1 aromatic carbocycles. The molecule has 1 heterocycles. The van der Waals surface area contributed by atoms with Gasteiger partial charge >= 0.3 is 0 Å². The Morgan fingerprint density at radius 1 is 1.37 bits per heavy atom. The highest BCUT2D eigenvalue weighted by Crippen LogP contribution is 2.13. The van der Waals surface area contributed by atoms with Crippen molar-refractivity contribution in [1.82, 2.24) is 10.2 Å². The number of amides is 2. The van der Waals surface area contributed by atoms with Crippen LogP contribution in [-0.2, 0) is 16.0 Å². The molecule has 4 heteroatoms. The number of carbonyl (C=O) groups is 2. The largest absolute Gasteiger partial charge is 0.354 e. The highest BCUT2D eigenvalue weighted by molar-refractivity contribution is 5.88. The minimum Gasteiger partial charge on any atom is -0.354 e. The number of hydrogen-bond donors (Lipinski definition) is 1. The number of hydrogen-bond acceptors (Lipinski definition) is 2. The van der Waals surface area contributed by atoms with Crippen molar-refractivity contribution in [1.29, 1.82) is 0 Å². The normalized spacial score (nSPS) is 19.7. The van der Waals surface area contributed by atoms with Gasteiger partial charge in [-0.3, -0.25) is 9.59 Å². The van der Waals surface area contributed by atoms with Crippen LogP contribution in [0.5, 0.6) is 0 Å². The first-order chi connectivity index (χ1) is 9.22. The minimum atomic E-state index is -0.377. The lowest BCUT2D eigenvalue weighted by Gasteiger charge is -2.28. The van der Waals surface area contributed by atoms with Crippen LogP contribution in [0, 0.1) is 0 Å². The molecular weight excluding hydrogens is 240 g/mol. The topological polar surface area (TPSA) is 49.4 Å². The summed E-state index contributed by atoms with van der Waals surface area (Å²) in [5.41, 5.74) is 1.08. The highest BCUT2D eigenvalue weighted by Gasteiger charge is 2.30. The third-order valence-electron chi connectivity index (χ3n) is 3.45. The van der Waals surface area contributed by atoms with Gasteiger partial charge in [-0.25, -0.2) is 0 Å². The van der Waals surface area contributed by atoms with Crippen LogP contribution in [0.25, 0.3) is 0 Å². The van der Waals surface area contributed by atoms with Crippen molar-refractivity contribution >= 4 is 11.8 Å². The molecule has 0 saturated carbocycles. The molecule has 0 bridgehead atoms. The minimum absolute atomic E-state index is 0.0387. The van der Waals surface area contributed by atoms with Gasteiger partial charge in [0.25, 0.3) is 0 Å². The molecule has 1 unspecified atom stereocenters. The molecule has 4 nitrogen and oxygen atoms in total. The summed E-state index contributed by atoms with van der Waals surface area (Å²) in [6, 6.07) is 9.47. The lowest BCUT2D eigenvalue weighted by molar-refractivity contribution is -0.139. The predicted octanol–water partition coefficient (Wildman–Crippen LogP) is 1.36. The van der Waals surface area contributed by atoms with E-state index in [-0.39, 0.29) is 17.9 Å². The van der Waals surface area contributed by atoms with Crippen LogP contribution in [0.4, 0.5) is 0 Å². The molecule has 1 aliphatic rings. The van der Waals surface area contributed by atoms with E-state index in [2.05, 4.69) is 5.32 Å². The van der Waals surface area contributed by atoms with Crippen molar-refractivity contribution < 1.29 is 9.59 Å². The number of rotatable bonds is 3. The first-order valence-corrected chi connectivity index (χ1v) is 6.83. The number of nitrogens with zero attached hydrogens (tertiary/aromatic N) is 1. The van der Waals surface area contributed by atoms with Crippen molar-refractivity contribution in [2.24, 2.45) is 0 Å². The van der Waals surface area contributed by atoms with Gasteiger partial charge in [-0.1, -0.05) is 37.3 Å². The predicted molar refractivity (Wildman–Crippen MR) is 73.6 cm³/mol. The van der Waals surface area contributed by atoms with Gasteiger partial charge in [-0.15, -0.1) is 0 Å². The van der Waals surface area contributed by atoms with E-state index in [0.29, 0.717) is 25.9 Å². The zero-order valence-corrected chi connectivity index (χ0v) is 11.3. The molecule has 0 spiro atoms. The SMILES string of the molecule is CCC(=O)N1CCCNC(=O)C1Cc1ccccc1. The molecule has 1 aliphatic heterocycles. The Bertz CT molecular complexity index is 445. The van der Waals surface area contributed by atoms with Gasteiger partial charge in [0.15, 0.2) is 0 Å². The van der Waals surface area contributed by atoms with E-state index in [9.17, 15) is 9.59 Å². The maximum Gasteiger partial charge on any atom is 0.243 e. The Morgan fingerprint density at radius 3 is 2.79 bits per heavy atom. The van der Waals surface area contributed by atoms with E-state index < -0.39 is 0 Å². The van der Waals surface area contributed by atoms with E-state index in [4.69, 9.17) is 0 Å². The van der Waals surface area contributed by atoms with Gasteiger partial charge in [0, 0.05) is 25.9 Å². The summed E-state index contributed by atoms with van der Waals surface area (Å²) in [6.45, 7) is 3.14. The molecule has 1 N–H and O–H groups in total. The smallest absolute Gasteiger partial charge is 0.243 e. The summed E-state index contributed by atoms with van der Waals surface area (Å²) in [5.74, 6) is 0.0149. The molecule has 0 aromatic heterocycles. The van der Waals surface area contributed by atoms with Crippen LogP contribution >= 0.6 is 0 Å². The third-order valence-corrected chi connectivity index (χ3v) is 3.45. The molecule has 1 atom stereocenters. The number of nitrogens with one attached hydrogen (secondary N) is 1. The zero-order valence-electron chi connectivity index (χ0n) is 11.3. The fourth-order valence-corrected chi connectivity index (χ4v) is 2.42. The van der Waals surface area contributed by atoms with Crippen LogP contribution < -0.4 is 5.32 Å². The second-order valence-corrected chi connectivity index (χ2v) is 4.79. The maximum absolute atomic E-state index is 12.1. The van der Waals surface area contributed by atoms with Crippen LogP contribution in [0.3, 0.4) is 0 Å². The standard InChI is InChI=1S/C15H20N2O2/c1-2-14(18)17-10-6-9-16-15(19)13(17)11-12-7-4-3-5-8-12/h3-5,7-8,13H,2,6,9-11H2,1H3,(H,16,19). The maximum atomic E-state index is 12.1. The quantitative estimate of drug-likeness (QED) is 0.892. The Morgan fingerprint density at radius 2 is 2.11 bits per heavy atom. The van der Waals surface area contributed by atoms with E-state index >= 15 is 0 Å². The Labute approximate surface area is 113 Å². The molecular formula is C15H20N2O2. The van der Waals surface area contributed by atoms with E-state index in [1.54, 1.807) is 4.90 Å². The van der Waals surface area contributed by atoms with Gasteiger partial charge in [-0.05, 0) is 12.0 Å². The fraction of sp³-hybridized carbons (Fsp3) is 0.467. The average Bonchev–Trinajstić information content (AvgIpc) is 2.62. The third kappa shape index (κ3) is 3.34. The monoisotopic (exact) mass is 260 g/mol. The lowest BCUT2D eigenvalue weighted by Crippen LogP contribution is -2.48. The molecule has 1 saturated heterocycles. The summed E-state index contributed by atoms with van der Waals surface area (Å²) >= 11 is 0. The van der Waals surface area contributed by atoms with Crippen molar-refractivity contribution in [2.75, 3.05) is 13.1 Å². The lowest BCUT2D eigenvalue weighted by atomic mass is 10.0. The van der Waals surface area contributed by atoms with Crippen molar-refractivity contribution in [2.45, 2.75) is 32.2 Å². The van der Waals surface area contributed by atoms with Crippen LogP contribution in [0.2, 0.25) is 0 Å². The molecule has 2 amide bonds. The molecule has 0 aliphatic carbocycles. The molecule has 2 rings (SSSR count). The Hall–Kier alpha value is -1.84. The van der Waals surface area contributed by atoms with Crippen molar-refractivity contribution in [3.63, 3.8) is 0 Å². The average molecular weight is 260 g/mol. The molecule has 19 heavy (non-hydrogen) atoms. The summed E-state index contributed by atoms with van der Waals surface area (Å²) < 4.78 is 0. The van der Waals surface area contributed by atoms with Gasteiger partial charge in [-0.2, -0.15) is 0 Å². The zero-order chi connectivity index (χ0) is 13.7. The number of carbonyl (C=O) groups excluding carboxylic acids is 2. The van der Waals surface area contributed by atoms with Gasteiger partial charge < -0.3 is 10.2 Å². The molecule has 1 fully saturated rings. The summed E-state index contributed by atoms with van der Waals surface area (Å²) in [6.07, 6.45) is 1.85. The molecule has 102 valence electrons. The first-order valence-electron chi connectivity index (χ1n) is 6.83. The second kappa shape index (κ2) is 6.36. The van der Waals surface area contributed by atoms with Gasteiger partial charge in [0.05, 0.1) is 0 Å².